The van der Waals surface area contributed by atoms with Crippen LogP contribution in [0.2, 0.25) is 0 Å². The predicted octanol–water partition coefficient (Wildman–Crippen LogP) is 0.366. The van der Waals surface area contributed by atoms with Crippen molar-refractivity contribution in [2.75, 3.05) is 26.2 Å². The van der Waals surface area contributed by atoms with E-state index in [0.29, 0.717) is 5.56 Å². The number of carbonyl (C=O) groups excluding carboxylic acids is 1. The minimum absolute atomic E-state index is 0.0861. The van der Waals surface area contributed by atoms with Crippen LogP contribution in [0.25, 0.3) is 0 Å². The van der Waals surface area contributed by atoms with Gasteiger partial charge in [-0.2, -0.15) is 0 Å². The number of piperazine rings is 1. The van der Waals surface area contributed by atoms with Gasteiger partial charge in [0.25, 0.3) is 0 Å². The number of aromatic hydroxyl groups is 1. The van der Waals surface area contributed by atoms with Crippen LogP contribution >= 0.6 is 0 Å². The first-order valence-corrected chi connectivity index (χ1v) is 5.53. The quantitative estimate of drug-likeness (QED) is 0.757. The van der Waals surface area contributed by atoms with Gasteiger partial charge in [0.05, 0.1) is 6.42 Å². The second kappa shape index (κ2) is 4.99. The van der Waals surface area contributed by atoms with Gasteiger partial charge in [0.1, 0.15) is 5.75 Å². The van der Waals surface area contributed by atoms with E-state index in [0.717, 1.165) is 26.2 Å². The molecule has 0 saturated carbocycles. The number of benzene rings is 1. The molecule has 0 spiro atoms. The van der Waals surface area contributed by atoms with Gasteiger partial charge in [0, 0.05) is 31.7 Å². The molecule has 0 aromatic heterocycles. The lowest BCUT2D eigenvalue weighted by Crippen LogP contribution is -2.46. The Labute approximate surface area is 94.9 Å². The van der Waals surface area contributed by atoms with Crippen molar-refractivity contribution in [1.82, 2.24) is 10.2 Å². The summed E-state index contributed by atoms with van der Waals surface area (Å²) in [4.78, 5) is 13.7. The van der Waals surface area contributed by atoms with Crippen molar-refractivity contribution < 1.29 is 9.90 Å². The lowest BCUT2D eigenvalue weighted by atomic mass is 10.1. The lowest BCUT2D eigenvalue weighted by molar-refractivity contribution is -0.131. The Balaban J connectivity index is 1.99. The first kappa shape index (κ1) is 11.0. The second-order valence-corrected chi connectivity index (χ2v) is 3.94. The number of hydrogen-bond acceptors (Lipinski definition) is 3. The summed E-state index contributed by atoms with van der Waals surface area (Å²) in [5, 5.41) is 12.8. The Morgan fingerprint density at radius 3 is 2.69 bits per heavy atom. The van der Waals surface area contributed by atoms with Gasteiger partial charge in [0.15, 0.2) is 0 Å². The number of phenols is 1. The van der Waals surface area contributed by atoms with E-state index < -0.39 is 0 Å². The SMILES string of the molecule is O=C(Cc1ccccc1O)N1CCNCC1. The minimum Gasteiger partial charge on any atom is -0.508 e. The maximum atomic E-state index is 11.9. The molecular weight excluding hydrogens is 204 g/mol. The number of amides is 1. The van der Waals surface area contributed by atoms with Gasteiger partial charge >= 0.3 is 0 Å². The van der Waals surface area contributed by atoms with Gasteiger partial charge < -0.3 is 15.3 Å². The molecule has 1 aliphatic rings. The van der Waals surface area contributed by atoms with Crippen molar-refractivity contribution in [3.63, 3.8) is 0 Å². The zero-order chi connectivity index (χ0) is 11.4. The Hall–Kier alpha value is -1.55. The van der Waals surface area contributed by atoms with Gasteiger partial charge in [-0.3, -0.25) is 4.79 Å². The Morgan fingerprint density at radius 1 is 1.31 bits per heavy atom. The molecule has 0 atom stereocenters. The number of phenolic OH excluding ortho intramolecular Hbond substituents is 1. The highest BCUT2D eigenvalue weighted by molar-refractivity contribution is 5.79. The highest BCUT2D eigenvalue weighted by atomic mass is 16.3. The average Bonchev–Trinajstić information content (AvgIpc) is 2.33. The topological polar surface area (TPSA) is 52.6 Å². The number of hydrogen-bond donors (Lipinski definition) is 2. The zero-order valence-electron chi connectivity index (χ0n) is 9.15. The monoisotopic (exact) mass is 220 g/mol. The van der Waals surface area contributed by atoms with Crippen molar-refractivity contribution in [3.05, 3.63) is 29.8 Å². The molecule has 1 saturated heterocycles. The summed E-state index contributed by atoms with van der Waals surface area (Å²) < 4.78 is 0. The number of carbonyl (C=O) groups is 1. The molecule has 0 aliphatic carbocycles. The first-order valence-electron chi connectivity index (χ1n) is 5.53. The maximum absolute atomic E-state index is 11.9. The zero-order valence-corrected chi connectivity index (χ0v) is 9.15. The summed E-state index contributed by atoms with van der Waals surface area (Å²) in [6.45, 7) is 3.22. The molecule has 1 amide bonds. The van der Waals surface area contributed by atoms with Crippen LogP contribution in [0.1, 0.15) is 5.56 Å². The standard InChI is InChI=1S/C12H16N2O2/c15-11-4-2-1-3-10(11)9-12(16)14-7-5-13-6-8-14/h1-4,13,15H,5-9H2. The molecule has 2 rings (SSSR count). The summed E-state index contributed by atoms with van der Waals surface area (Å²) in [6, 6.07) is 6.99. The fraction of sp³-hybridized carbons (Fsp3) is 0.417. The molecule has 1 aromatic rings. The number of nitrogens with one attached hydrogen (secondary N) is 1. The normalized spacial score (nSPS) is 16.1. The molecular formula is C12H16N2O2. The molecule has 1 aliphatic heterocycles. The number of para-hydroxylation sites is 1. The van der Waals surface area contributed by atoms with Crippen LogP contribution in [0.15, 0.2) is 24.3 Å². The summed E-state index contributed by atoms with van der Waals surface area (Å²) in [5.41, 5.74) is 0.700. The largest absolute Gasteiger partial charge is 0.508 e. The van der Waals surface area contributed by atoms with E-state index in [4.69, 9.17) is 0 Å². The molecule has 86 valence electrons. The molecule has 16 heavy (non-hydrogen) atoms. The van der Waals surface area contributed by atoms with E-state index in [-0.39, 0.29) is 18.1 Å². The molecule has 4 nitrogen and oxygen atoms in total. The fourth-order valence-electron chi connectivity index (χ4n) is 1.85. The Kier molecular flexibility index (Phi) is 3.41. The van der Waals surface area contributed by atoms with Gasteiger partial charge in [-0.05, 0) is 6.07 Å². The van der Waals surface area contributed by atoms with Gasteiger partial charge in [-0.15, -0.1) is 0 Å². The summed E-state index contributed by atoms with van der Waals surface area (Å²) >= 11 is 0. The molecule has 2 N–H and O–H groups in total. The van der Waals surface area contributed by atoms with Gasteiger partial charge in [-0.1, -0.05) is 18.2 Å². The van der Waals surface area contributed by atoms with Crippen LogP contribution in [0.3, 0.4) is 0 Å². The molecule has 4 heteroatoms. The molecule has 1 aromatic carbocycles. The van der Waals surface area contributed by atoms with E-state index in [1.165, 1.54) is 0 Å². The summed E-state index contributed by atoms with van der Waals surface area (Å²) in [7, 11) is 0. The lowest BCUT2D eigenvalue weighted by Gasteiger charge is -2.27. The highest BCUT2D eigenvalue weighted by Gasteiger charge is 2.17. The third kappa shape index (κ3) is 2.52. The van der Waals surface area contributed by atoms with E-state index >= 15 is 0 Å². The van der Waals surface area contributed by atoms with E-state index in [1.54, 1.807) is 18.2 Å². The first-order chi connectivity index (χ1) is 7.77. The summed E-state index contributed by atoms with van der Waals surface area (Å²) in [6.07, 6.45) is 0.284. The van der Waals surface area contributed by atoms with Crippen molar-refractivity contribution in [2.24, 2.45) is 0 Å². The van der Waals surface area contributed by atoms with Crippen molar-refractivity contribution in [1.29, 1.82) is 0 Å². The van der Waals surface area contributed by atoms with Gasteiger partial charge in [0.2, 0.25) is 5.91 Å². The van der Waals surface area contributed by atoms with Crippen LogP contribution in [0.4, 0.5) is 0 Å². The molecule has 0 unspecified atom stereocenters. The molecule has 1 heterocycles. The third-order valence-corrected chi connectivity index (χ3v) is 2.80. The van der Waals surface area contributed by atoms with Crippen LogP contribution in [0.5, 0.6) is 5.75 Å². The van der Waals surface area contributed by atoms with Crippen LogP contribution < -0.4 is 5.32 Å². The Morgan fingerprint density at radius 2 is 2.00 bits per heavy atom. The van der Waals surface area contributed by atoms with Crippen molar-refractivity contribution >= 4 is 5.91 Å². The second-order valence-electron chi connectivity index (χ2n) is 3.94. The van der Waals surface area contributed by atoms with Crippen LogP contribution in [-0.4, -0.2) is 42.1 Å². The van der Waals surface area contributed by atoms with Crippen LogP contribution in [0, 0.1) is 0 Å². The average molecular weight is 220 g/mol. The molecule has 1 fully saturated rings. The van der Waals surface area contributed by atoms with E-state index in [1.807, 2.05) is 11.0 Å². The van der Waals surface area contributed by atoms with Crippen LogP contribution in [-0.2, 0) is 11.2 Å². The Bertz CT molecular complexity index is 373. The number of rotatable bonds is 2. The molecule has 0 bridgehead atoms. The third-order valence-electron chi connectivity index (χ3n) is 2.80. The van der Waals surface area contributed by atoms with Crippen molar-refractivity contribution in [3.8, 4) is 5.75 Å². The predicted molar refractivity (Wildman–Crippen MR) is 61.3 cm³/mol. The van der Waals surface area contributed by atoms with Gasteiger partial charge in [-0.25, -0.2) is 0 Å². The molecule has 0 radical (unpaired) electrons. The number of nitrogens with zero attached hydrogens (tertiary/aromatic N) is 1. The van der Waals surface area contributed by atoms with Crippen molar-refractivity contribution in [2.45, 2.75) is 6.42 Å². The smallest absolute Gasteiger partial charge is 0.227 e. The summed E-state index contributed by atoms with van der Waals surface area (Å²) in [5.74, 6) is 0.286. The van der Waals surface area contributed by atoms with E-state index in [9.17, 15) is 9.90 Å². The fourth-order valence-corrected chi connectivity index (χ4v) is 1.85. The minimum atomic E-state index is 0.0861. The van der Waals surface area contributed by atoms with E-state index in [2.05, 4.69) is 5.32 Å². The highest BCUT2D eigenvalue weighted by Crippen LogP contribution is 2.16. The maximum Gasteiger partial charge on any atom is 0.227 e.